The van der Waals surface area contributed by atoms with Crippen LogP contribution in [0.25, 0.3) is 0 Å². The van der Waals surface area contributed by atoms with Gasteiger partial charge in [-0.15, -0.1) is 0 Å². The van der Waals surface area contributed by atoms with Crippen molar-refractivity contribution in [2.75, 3.05) is 6.54 Å². The third-order valence-electron chi connectivity index (χ3n) is 4.73. The third kappa shape index (κ3) is 4.07. The molecule has 1 aliphatic carbocycles. The molecular formula is C18H29N. The third-order valence-corrected chi connectivity index (χ3v) is 4.73. The van der Waals surface area contributed by atoms with Gasteiger partial charge in [0.15, 0.2) is 0 Å². The Hall–Kier alpha value is -0.820. The SMILES string of the molecule is CC1(C)CCC(c2ccccc2CCCCN)CC1. The molecule has 0 heterocycles. The summed E-state index contributed by atoms with van der Waals surface area (Å²) in [5.41, 5.74) is 9.35. The Bertz CT molecular complexity index is 384. The molecule has 1 heteroatoms. The first-order valence-corrected chi connectivity index (χ1v) is 7.90. The van der Waals surface area contributed by atoms with E-state index in [0.29, 0.717) is 5.41 Å². The van der Waals surface area contributed by atoms with Crippen LogP contribution in [0.5, 0.6) is 0 Å². The highest BCUT2D eigenvalue weighted by Crippen LogP contribution is 2.43. The first kappa shape index (κ1) is 14.6. The topological polar surface area (TPSA) is 26.0 Å². The average molecular weight is 259 g/mol. The van der Waals surface area contributed by atoms with Gasteiger partial charge in [0.25, 0.3) is 0 Å². The average Bonchev–Trinajstić information content (AvgIpc) is 2.40. The second kappa shape index (κ2) is 6.56. The van der Waals surface area contributed by atoms with E-state index in [1.165, 1.54) is 38.5 Å². The summed E-state index contributed by atoms with van der Waals surface area (Å²) in [6.45, 7) is 5.65. The maximum absolute atomic E-state index is 5.60. The molecule has 2 N–H and O–H groups in total. The molecule has 0 amide bonds. The highest BCUT2D eigenvalue weighted by Gasteiger charge is 2.28. The lowest BCUT2D eigenvalue weighted by Gasteiger charge is -2.35. The van der Waals surface area contributed by atoms with Crippen LogP contribution in [0.4, 0.5) is 0 Å². The maximum atomic E-state index is 5.60. The van der Waals surface area contributed by atoms with E-state index in [-0.39, 0.29) is 0 Å². The van der Waals surface area contributed by atoms with E-state index in [0.717, 1.165) is 18.9 Å². The first-order chi connectivity index (χ1) is 9.12. The van der Waals surface area contributed by atoms with Crippen LogP contribution >= 0.6 is 0 Å². The fraction of sp³-hybridized carbons (Fsp3) is 0.667. The van der Waals surface area contributed by atoms with Gasteiger partial charge in [0.1, 0.15) is 0 Å². The number of rotatable bonds is 5. The lowest BCUT2D eigenvalue weighted by atomic mass is 9.70. The zero-order valence-electron chi connectivity index (χ0n) is 12.6. The van der Waals surface area contributed by atoms with Crippen molar-refractivity contribution in [1.29, 1.82) is 0 Å². The molecule has 1 aromatic rings. The Morgan fingerprint density at radius 3 is 2.47 bits per heavy atom. The number of benzene rings is 1. The van der Waals surface area contributed by atoms with Crippen LogP contribution in [-0.4, -0.2) is 6.54 Å². The van der Waals surface area contributed by atoms with E-state index in [2.05, 4.69) is 38.1 Å². The van der Waals surface area contributed by atoms with Gasteiger partial charge < -0.3 is 5.73 Å². The van der Waals surface area contributed by atoms with Gasteiger partial charge in [0.05, 0.1) is 0 Å². The minimum atomic E-state index is 0.561. The zero-order valence-corrected chi connectivity index (χ0v) is 12.6. The molecule has 1 aliphatic rings. The molecule has 1 aromatic carbocycles. The summed E-state index contributed by atoms with van der Waals surface area (Å²) in [6.07, 6.45) is 9.04. The van der Waals surface area contributed by atoms with Crippen LogP contribution in [0.2, 0.25) is 0 Å². The van der Waals surface area contributed by atoms with Crippen molar-refractivity contribution >= 4 is 0 Å². The molecule has 0 radical (unpaired) electrons. The fourth-order valence-corrected chi connectivity index (χ4v) is 3.33. The molecule has 106 valence electrons. The quantitative estimate of drug-likeness (QED) is 0.765. The molecule has 19 heavy (non-hydrogen) atoms. The van der Waals surface area contributed by atoms with Gasteiger partial charge >= 0.3 is 0 Å². The van der Waals surface area contributed by atoms with Crippen molar-refractivity contribution < 1.29 is 0 Å². The van der Waals surface area contributed by atoms with Crippen molar-refractivity contribution in [1.82, 2.24) is 0 Å². The van der Waals surface area contributed by atoms with E-state index in [1.54, 1.807) is 11.1 Å². The Morgan fingerprint density at radius 1 is 1.11 bits per heavy atom. The number of aryl methyl sites for hydroxylation is 1. The van der Waals surface area contributed by atoms with Crippen molar-refractivity contribution in [3.05, 3.63) is 35.4 Å². The van der Waals surface area contributed by atoms with E-state index in [9.17, 15) is 0 Å². The Morgan fingerprint density at radius 2 is 1.79 bits per heavy atom. The van der Waals surface area contributed by atoms with E-state index < -0.39 is 0 Å². The van der Waals surface area contributed by atoms with Gasteiger partial charge in [-0.3, -0.25) is 0 Å². The van der Waals surface area contributed by atoms with Crippen molar-refractivity contribution in [2.45, 2.75) is 64.7 Å². The van der Waals surface area contributed by atoms with E-state index >= 15 is 0 Å². The van der Waals surface area contributed by atoms with Gasteiger partial charge in [0, 0.05) is 0 Å². The second-order valence-corrected chi connectivity index (χ2v) is 6.88. The molecule has 1 fully saturated rings. The van der Waals surface area contributed by atoms with Crippen LogP contribution in [-0.2, 0) is 6.42 Å². The Balaban J connectivity index is 2.03. The Kier molecular flexibility index (Phi) is 5.04. The summed E-state index contributed by atoms with van der Waals surface area (Å²) in [5, 5.41) is 0. The van der Waals surface area contributed by atoms with Crippen LogP contribution < -0.4 is 5.73 Å². The number of hydrogen-bond acceptors (Lipinski definition) is 1. The molecular weight excluding hydrogens is 230 g/mol. The molecule has 0 saturated heterocycles. The molecule has 0 aliphatic heterocycles. The van der Waals surface area contributed by atoms with Gasteiger partial charge in [0.2, 0.25) is 0 Å². The van der Waals surface area contributed by atoms with Crippen molar-refractivity contribution in [3.8, 4) is 0 Å². The highest BCUT2D eigenvalue weighted by atomic mass is 14.5. The molecule has 2 rings (SSSR count). The van der Waals surface area contributed by atoms with Crippen LogP contribution in [0.3, 0.4) is 0 Å². The minimum absolute atomic E-state index is 0.561. The minimum Gasteiger partial charge on any atom is -0.330 e. The zero-order chi connectivity index (χ0) is 13.7. The van der Waals surface area contributed by atoms with E-state index in [1.807, 2.05) is 0 Å². The highest BCUT2D eigenvalue weighted by molar-refractivity contribution is 5.31. The monoisotopic (exact) mass is 259 g/mol. The van der Waals surface area contributed by atoms with Crippen LogP contribution in [0.15, 0.2) is 24.3 Å². The molecule has 0 spiro atoms. The summed E-state index contributed by atoms with van der Waals surface area (Å²) >= 11 is 0. The van der Waals surface area contributed by atoms with Crippen LogP contribution in [0, 0.1) is 5.41 Å². The van der Waals surface area contributed by atoms with Gasteiger partial charge in [-0.25, -0.2) is 0 Å². The summed E-state index contributed by atoms with van der Waals surface area (Å²) in [7, 11) is 0. The molecule has 0 unspecified atom stereocenters. The molecule has 1 nitrogen and oxygen atoms in total. The second-order valence-electron chi connectivity index (χ2n) is 6.88. The Labute approximate surface area is 118 Å². The lowest BCUT2D eigenvalue weighted by molar-refractivity contribution is 0.224. The van der Waals surface area contributed by atoms with Crippen LogP contribution in [0.1, 0.15) is 69.4 Å². The van der Waals surface area contributed by atoms with Crippen molar-refractivity contribution in [3.63, 3.8) is 0 Å². The number of nitrogens with two attached hydrogens (primary N) is 1. The fourth-order valence-electron chi connectivity index (χ4n) is 3.33. The standard InChI is InChI=1S/C18H29N/c1-18(2)12-10-16(11-13-18)17-9-4-3-7-15(17)8-5-6-14-19/h3-4,7,9,16H,5-6,8,10-14,19H2,1-2H3. The predicted molar refractivity (Wildman–Crippen MR) is 83.4 cm³/mol. The van der Waals surface area contributed by atoms with Crippen molar-refractivity contribution in [2.24, 2.45) is 11.1 Å². The van der Waals surface area contributed by atoms with E-state index in [4.69, 9.17) is 5.73 Å². The molecule has 1 saturated carbocycles. The molecule has 0 aromatic heterocycles. The van der Waals surface area contributed by atoms with Gasteiger partial charge in [-0.1, -0.05) is 38.1 Å². The van der Waals surface area contributed by atoms with Gasteiger partial charge in [-0.05, 0) is 74.0 Å². The first-order valence-electron chi connectivity index (χ1n) is 7.90. The summed E-state index contributed by atoms with van der Waals surface area (Å²) in [6, 6.07) is 9.09. The lowest BCUT2D eigenvalue weighted by Crippen LogP contribution is -2.20. The summed E-state index contributed by atoms with van der Waals surface area (Å²) in [5.74, 6) is 0.794. The maximum Gasteiger partial charge on any atom is -0.00772 e. The van der Waals surface area contributed by atoms with Gasteiger partial charge in [-0.2, -0.15) is 0 Å². The molecule has 0 atom stereocenters. The summed E-state index contributed by atoms with van der Waals surface area (Å²) in [4.78, 5) is 0. The predicted octanol–water partition coefficient (Wildman–Crippen LogP) is 4.65. The number of hydrogen-bond donors (Lipinski definition) is 1. The normalized spacial score (nSPS) is 19.5. The molecule has 0 bridgehead atoms. The summed E-state index contributed by atoms with van der Waals surface area (Å²) < 4.78 is 0. The number of unbranched alkanes of at least 4 members (excludes halogenated alkanes) is 1. The largest absolute Gasteiger partial charge is 0.330 e. The smallest absolute Gasteiger partial charge is 0.00772 e.